The molecule has 0 spiro atoms. The second-order valence-electron chi connectivity index (χ2n) is 4.85. The lowest BCUT2D eigenvalue weighted by Crippen LogP contribution is -2.12. The molecule has 2 aromatic rings. The summed E-state index contributed by atoms with van der Waals surface area (Å²) >= 11 is 0. The Bertz CT molecular complexity index is 609. The van der Waals surface area contributed by atoms with E-state index in [1.165, 1.54) is 12.7 Å². The lowest BCUT2D eigenvalue weighted by atomic mass is 9.98. The highest BCUT2D eigenvalue weighted by molar-refractivity contribution is 5.38. The summed E-state index contributed by atoms with van der Waals surface area (Å²) in [4.78, 5) is 11.9. The number of aromatic nitrogens is 3. The van der Waals surface area contributed by atoms with Crippen LogP contribution in [0.4, 0.5) is 5.95 Å². The number of hydrazine groups is 1. The molecule has 1 aromatic carbocycles. The van der Waals surface area contributed by atoms with Gasteiger partial charge < -0.3 is 9.47 Å². The monoisotopic (exact) mass is 289 g/mol. The number of benzene rings is 1. The number of aryl methyl sites for hydroxylation is 1. The quantitative estimate of drug-likeness (QED) is 0.644. The highest BCUT2D eigenvalue weighted by Crippen LogP contribution is 2.26. The van der Waals surface area contributed by atoms with E-state index in [1.807, 2.05) is 25.1 Å². The smallest absolute Gasteiger partial charge is 0.330 e. The zero-order chi connectivity index (χ0) is 15.4. The van der Waals surface area contributed by atoms with Gasteiger partial charge in [0.2, 0.25) is 5.95 Å². The topological polar surface area (TPSA) is 95.2 Å². The number of hydrogen-bond acceptors (Lipinski definition) is 7. The number of nitrogens with one attached hydrogen (secondary N) is 1. The molecule has 7 heteroatoms. The van der Waals surface area contributed by atoms with Crippen LogP contribution in [0.2, 0.25) is 0 Å². The first-order valence-corrected chi connectivity index (χ1v) is 6.58. The maximum Gasteiger partial charge on any atom is 0.330 e. The number of ether oxygens (including phenoxy) is 2. The SMILES string of the molecule is COc1nc(NN)nc(Oc2ccc(C(C)C)c(C)c2)n1. The Morgan fingerprint density at radius 1 is 1.14 bits per heavy atom. The molecule has 0 aliphatic rings. The number of anilines is 1. The molecule has 3 N–H and O–H groups in total. The molecule has 2 rings (SSSR count). The Balaban J connectivity index is 2.27. The third-order valence-corrected chi connectivity index (χ3v) is 2.98. The van der Waals surface area contributed by atoms with E-state index in [2.05, 4.69) is 34.2 Å². The van der Waals surface area contributed by atoms with E-state index < -0.39 is 0 Å². The van der Waals surface area contributed by atoms with Gasteiger partial charge in [0.25, 0.3) is 0 Å². The Labute approximate surface area is 123 Å². The van der Waals surface area contributed by atoms with Crippen molar-refractivity contribution in [2.45, 2.75) is 26.7 Å². The Hall–Kier alpha value is -2.41. The van der Waals surface area contributed by atoms with Gasteiger partial charge in [-0.2, -0.15) is 9.97 Å². The third-order valence-electron chi connectivity index (χ3n) is 2.98. The zero-order valence-electron chi connectivity index (χ0n) is 12.5. The van der Waals surface area contributed by atoms with Crippen molar-refractivity contribution < 1.29 is 9.47 Å². The van der Waals surface area contributed by atoms with Crippen molar-refractivity contribution in [3.63, 3.8) is 0 Å². The summed E-state index contributed by atoms with van der Waals surface area (Å²) in [5.74, 6) is 6.58. The minimum atomic E-state index is 0.117. The summed E-state index contributed by atoms with van der Waals surface area (Å²) in [6, 6.07) is 6.11. The zero-order valence-corrected chi connectivity index (χ0v) is 12.5. The average Bonchev–Trinajstić information content (AvgIpc) is 2.46. The van der Waals surface area contributed by atoms with Crippen molar-refractivity contribution in [1.82, 2.24) is 15.0 Å². The fourth-order valence-corrected chi connectivity index (χ4v) is 2.00. The first kappa shape index (κ1) is 15.0. The molecule has 0 bridgehead atoms. The summed E-state index contributed by atoms with van der Waals surface area (Å²) < 4.78 is 10.6. The highest BCUT2D eigenvalue weighted by Gasteiger charge is 2.10. The number of rotatable bonds is 5. The van der Waals surface area contributed by atoms with Gasteiger partial charge in [0.1, 0.15) is 5.75 Å². The molecule has 0 radical (unpaired) electrons. The average molecular weight is 289 g/mol. The van der Waals surface area contributed by atoms with E-state index in [4.69, 9.17) is 15.3 Å². The first-order valence-electron chi connectivity index (χ1n) is 6.58. The normalized spacial score (nSPS) is 10.6. The molecule has 0 atom stereocenters. The second kappa shape index (κ2) is 6.36. The van der Waals surface area contributed by atoms with Crippen LogP contribution in [0.3, 0.4) is 0 Å². The van der Waals surface area contributed by atoms with Crippen molar-refractivity contribution in [3.05, 3.63) is 29.3 Å². The van der Waals surface area contributed by atoms with Crippen LogP contribution in [-0.2, 0) is 0 Å². The third kappa shape index (κ3) is 3.57. The Morgan fingerprint density at radius 3 is 2.43 bits per heavy atom. The van der Waals surface area contributed by atoms with Crippen LogP contribution in [0.5, 0.6) is 17.8 Å². The number of nitrogen functional groups attached to an aromatic ring is 1. The van der Waals surface area contributed by atoms with Crippen LogP contribution >= 0.6 is 0 Å². The van der Waals surface area contributed by atoms with E-state index >= 15 is 0 Å². The van der Waals surface area contributed by atoms with E-state index in [-0.39, 0.29) is 18.0 Å². The number of nitrogens with zero attached hydrogens (tertiary/aromatic N) is 3. The molecule has 1 heterocycles. The summed E-state index contributed by atoms with van der Waals surface area (Å²) in [6.07, 6.45) is 0. The summed E-state index contributed by atoms with van der Waals surface area (Å²) in [6.45, 7) is 6.35. The van der Waals surface area contributed by atoms with Crippen LogP contribution in [-0.4, -0.2) is 22.1 Å². The minimum Gasteiger partial charge on any atom is -0.467 e. The van der Waals surface area contributed by atoms with Crippen LogP contribution < -0.4 is 20.7 Å². The van der Waals surface area contributed by atoms with Crippen LogP contribution in [0.15, 0.2) is 18.2 Å². The van der Waals surface area contributed by atoms with E-state index in [9.17, 15) is 0 Å². The molecule has 0 saturated heterocycles. The van der Waals surface area contributed by atoms with Gasteiger partial charge in [0.15, 0.2) is 0 Å². The summed E-state index contributed by atoms with van der Waals surface area (Å²) in [5, 5.41) is 0. The van der Waals surface area contributed by atoms with E-state index in [1.54, 1.807) is 0 Å². The van der Waals surface area contributed by atoms with Gasteiger partial charge in [-0.15, -0.1) is 4.98 Å². The fraction of sp³-hybridized carbons (Fsp3) is 0.357. The molecule has 0 unspecified atom stereocenters. The molecular weight excluding hydrogens is 270 g/mol. The molecule has 7 nitrogen and oxygen atoms in total. The van der Waals surface area contributed by atoms with Crippen molar-refractivity contribution >= 4 is 5.95 Å². The molecule has 0 saturated carbocycles. The first-order chi connectivity index (χ1) is 10.0. The van der Waals surface area contributed by atoms with Gasteiger partial charge >= 0.3 is 12.0 Å². The molecule has 0 aliphatic heterocycles. The van der Waals surface area contributed by atoms with Gasteiger partial charge in [0.05, 0.1) is 7.11 Å². The molecule has 0 amide bonds. The van der Waals surface area contributed by atoms with Gasteiger partial charge in [-0.3, -0.25) is 5.43 Å². The van der Waals surface area contributed by atoms with E-state index in [0.717, 1.165) is 5.56 Å². The van der Waals surface area contributed by atoms with Gasteiger partial charge in [-0.25, -0.2) is 5.84 Å². The van der Waals surface area contributed by atoms with Crippen LogP contribution in [0, 0.1) is 6.92 Å². The minimum absolute atomic E-state index is 0.117. The summed E-state index contributed by atoms with van der Waals surface area (Å²) in [7, 11) is 1.46. The van der Waals surface area contributed by atoms with Gasteiger partial charge in [0, 0.05) is 0 Å². The second-order valence-corrected chi connectivity index (χ2v) is 4.85. The largest absolute Gasteiger partial charge is 0.467 e. The lowest BCUT2D eigenvalue weighted by Gasteiger charge is -2.12. The van der Waals surface area contributed by atoms with Gasteiger partial charge in [-0.05, 0) is 36.1 Å². The molecule has 0 fully saturated rings. The van der Waals surface area contributed by atoms with Crippen molar-refractivity contribution in [1.29, 1.82) is 0 Å². The van der Waals surface area contributed by atoms with Crippen molar-refractivity contribution in [3.8, 4) is 17.8 Å². The van der Waals surface area contributed by atoms with Crippen LogP contribution in [0.25, 0.3) is 0 Å². The number of nitrogens with two attached hydrogens (primary N) is 1. The number of hydrogen-bond donors (Lipinski definition) is 2. The molecular formula is C14H19N5O2. The van der Waals surface area contributed by atoms with Crippen LogP contribution in [0.1, 0.15) is 30.9 Å². The van der Waals surface area contributed by atoms with E-state index in [0.29, 0.717) is 11.7 Å². The molecule has 0 aliphatic carbocycles. The molecule has 21 heavy (non-hydrogen) atoms. The molecule has 112 valence electrons. The maximum absolute atomic E-state index is 5.64. The number of methoxy groups -OCH3 is 1. The predicted octanol–water partition coefficient (Wildman–Crippen LogP) is 2.39. The predicted molar refractivity (Wildman–Crippen MR) is 79.5 cm³/mol. The Kier molecular flexibility index (Phi) is 4.54. The maximum atomic E-state index is 5.64. The molecule has 1 aromatic heterocycles. The van der Waals surface area contributed by atoms with Crippen molar-refractivity contribution in [2.24, 2.45) is 5.84 Å². The Morgan fingerprint density at radius 2 is 1.86 bits per heavy atom. The lowest BCUT2D eigenvalue weighted by molar-refractivity contribution is 0.360. The standard InChI is InChI=1S/C14H19N5O2/c1-8(2)11-6-5-10(7-9(11)3)21-14-17-12(19-15)16-13(18-14)20-4/h5-8H,15H2,1-4H3,(H,16,17,18,19). The van der Waals surface area contributed by atoms with Crippen molar-refractivity contribution in [2.75, 3.05) is 12.5 Å². The fourth-order valence-electron chi connectivity index (χ4n) is 2.00. The summed E-state index contributed by atoms with van der Waals surface area (Å²) in [5.41, 5.74) is 4.77. The van der Waals surface area contributed by atoms with Gasteiger partial charge in [-0.1, -0.05) is 19.9 Å². The highest BCUT2D eigenvalue weighted by atomic mass is 16.5.